The van der Waals surface area contributed by atoms with Crippen LogP contribution in [-0.2, 0) is 4.79 Å². The first kappa shape index (κ1) is 20.4. The van der Waals surface area contributed by atoms with Gasteiger partial charge in [-0.1, -0.05) is 26.2 Å². The van der Waals surface area contributed by atoms with Gasteiger partial charge in [-0.2, -0.15) is 4.98 Å². The largest absolute Gasteiger partial charge is 0.395 e. The zero-order valence-electron chi connectivity index (χ0n) is 16.4. The Morgan fingerprint density at radius 2 is 2.08 bits per heavy atom. The first-order valence-electron chi connectivity index (χ1n) is 9.87. The van der Waals surface area contributed by atoms with Crippen molar-refractivity contribution in [1.29, 1.82) is 0 Å². The zero-order valence-corrected chi connectivity index (χ0v) is 16.4. The summed E-state index contributed by atoms with van der Waals surface area (Å²) in [4.78, 5) is 25.6. The Labute approximate surface area is 156 Å². The molecule has 146 valence electrons. The summed E-state index contributed by atoms with van der Waals surface area (Å²) in [7, 11) is 1.81. The van der Waals surface area contributed by atoms with Gasteiger partial charge in [0, 0.05) is 32.6 Å². The molecule has 7 nitrogen and oxygen atoms in total. The highest BCUT2D eigenvalue weighted by atomic mass is 16.3. The van der Waals surface area contributed by atoms with Gasteiger partial charge in [0.15, 0.2) is 5.82 Å². The minimum Gasteiger partial charge on any atom is -0.395 e. The van der Waals surface area contributed by atoms with Gasteiger partial charge in [-0.3, -0.25) is 4.79 Å². The number of aromatic nitrogens is 2. The Kier molecular flexibility index (Phi) is 8.09. The molecule has 2 N–H and O–H groups in total. The molecule has 1 fully saturated rings. The Morgan fingerprint density at radius 1 is 1.35 bits per heavy atom. The summed E-state index contributed by atoms with van der Waals surface area (Å²) in [6.07, 6.45) is 8.93. The predicted octanol–water partition coefficient (Wildman–Crippen LogP) is 2.80. The van der Waals surface area contributed by atoms with Crippen LogP contribution in [-0.4, -0.2) is 53.8 Å². The van der Waals surface area contributed by atoms with E-state index >= 15 is 0 Å². The van der Waals surface area contributed by atoms with Crippen molar-refractivity contribution >= 4 is 23.4 Å². The first-order valence-corrected chi connectivity index (χ1v) is 9.87. The zero-order chi connectivity index (χ0) is 18.9. The number of rotatable bonds is 10. The average molecular weight is 364 g/mol. The number of carbonyl (C=O) groups is 1. The summed E-state index contributed by atoms with van der Waals surface area (Å²) in [6.45, 7) is 5.48. The molecule has 1 aliphatic rings. The highest BCUT2D eigenvalue weighted by molar-refractivity contribution is 5.95. The predicted molar refractivity (Wildman–Crippen MR) is 106 cm³/mol. The van der Waals surface area contributed by atoms with E-state index in [9.17, 15) is 4.79 Å². The van der Waals surface area contributed by atoms with E-state index in [1.165, 1.54) is 12.8 Å². The minimum atomic E-state index is 0.0238. The number of nitrogens with one attached hydrogen (secondary N) is 1. The topological polar surface area (TPSA) is 81.6 Å². The van der Waals surface area contributed by atoms with Crippen LogP contribution in [0.1, 0.15) is 58.8 Å². The van der Waals surface area contributed by atoms with E-state index in [1.807, 2.05) is 7.05 Å². The number of anilines is 3. The van der Waals surface area contributed by atoms with Gasteiger partial charge in [-0.25, -0.2) is 4.98 Å². The fourth-order valence-electron chi connectivity index (χ4n) is 3.49. The number of hydrogen-bond donors (Lipinski definition) is 2. The molecule has 0 unspecified atom stereocenters. The van der Waals surface area contributed by atoms with E-state index < -0.39 is 0 Å². The maximum absolute atomic E-state index is 12.5. The molecule has 1 amide bonds. The van der Waals surface area contributed by atoms with E-state index in [0.29, 0.717) is 25.0 Å². The van der Waals surface area contributed by atoms with Crippen molar-refractivity contribution < 1.29 is 9.90 Å². The van der Waals surface area contributed by atoms with Gasteiger partial charge < -0.3 is 20.2 Å². The molecule has 1 saturated carbocycles. The van der Waals surface area contributed by atoms with E-state index in [-0.39, 0.29) is 12.5 Å². The highest BCUT2D eigenvalue weighted by Gasteiger charge is 2.27. The van der Waals surface area contributed by atoms with E-state index in [1.54, 1.807) is 11.1 Å². The molecule has 2 rings (SSSR count). The molecule has 0 radical (unpaired) electrons. The number of carbonyl (C=O) groups excluding carboxylic acids is 1. The molecular formula is C19H33N5O2. The molecule has 7 heteroatoms. The van der Waals surface area contributed by atoms with Gasteiger partial charge >= 0.3 is 0 Å². The third-order valence-corrected chi connectivity index (χ3v) is 5.00. The average Bonchev–Trinajstić information content (AvgIpc) is 3.19. The quantitative estimate of drug-likeness (QED) is 0.665. The third-order valence-electron chi connectivity index (χ3n) is 5.00. The number of hydrogen-bond acceptors (Lipinski definition) is 6. The van der Waals surface area contributed by atoms with E-state index in [2.05, 4.69) is 29.0 Å². The van der Waals surface area contributed by atoms with Crippen molar-refractivity contribution in [3.8, 4) is 0 Å². The molecule has 0 aromatic carbocycles. The lowest BCUT2D eigenvalue weighted by molar-refractivity contribution is -0.118. The number of amides is 1. The summed E-state index contributed by atoms with van der Waals surface area (Å²) in [5, 5.41) is 12.1. The number of aliphatic hydroxyl groups excluding tert-OH is 1. The van der Waals surface area contributed by atoms with Crippen LogP contribution in [0.3, 0.4) is 0 Å². The molecular weight excluding hydrogens is 330 g/mol. The van der Waals surface area contributed by atoms with Gasteiger partial charge in [0.2, 0.25) is 11.9 Å². The second kappa shape index (κ2) is 10.3. The maximum atomic E-state index is 12.5. The van der Waals surface area contributed by atoms with Gasteiger partial charge in [-0.15, -0.1) is 0 Å². The molecule has 1 aromatic heterocycles. The molecule has 0 atom stereocenters. The van der Waals surface area contributed by atoms with Crippen molar-refractivity contribution in [2.75, 3.05) is 41.9 Å². The van der Waals surface area contributed by atoms with Crippen LogP contribution in [0, 0.1) is 0 Å². The summed E-state index contributed by atoms with van der Waals surface area (Å²) in [5.41, 5.74) is 0.759. The smallest absolute Gasteiger partial charge is 0.226 e. The fourth-order valence-corrected chi connectivity index (χ4v) is 3.49. The standard InChI is InChI=1S/C19H33N5O2/c1-4-6-11-17(26)23(3)16-14-21-19(20-12-13-25)22-18(16)24(5-2)15-9-7-8-10-15/h14-15,25H,4-13H2,1-3H3,(H,20,21,22). The number of aliphatic hydroxyl groups is 1. The second-order valence-corrected chi connectivity index (χ2v) is 6.83. The summed E-state index contributed by atoms with van der Waals surface area (Å²) in [6, 6.07) is 0.457. The number of unbranched alkanes of at least 4 members (excludes halogenated alkanes) is 1. The van der Waals surface area contributed by atoms with Gasteiger partial charge in [0.25, 0.3) is 0 Å². The SMILES string of the molecule is CCCCC(=O)N(C)c1cnc(NCCO)nc1N(CC)C1CCCC1. The van der Waals surface area contributed by atoms with E-state index in [4.69, 9.17) is 10.1 Å². The molecule has 0 spiro atoms. The summed E-state index contributed by atoms with van der Waals surface area (Å²) < 4.78 is 0. The lowest BCUT2D eigenvalue weighted by atomic mass is 10.2. The van der Waals surface area contributed by atoms with Crippen molar-refractivity contribution in [3.05, 3.63) is 6.20 Å². The normalized spacial score (nSPS) is 14.5. The lowest BCUT2D eigenvalue weighted by Gasteiger charge is -2.32. The highest BCUT2D eigenvalue weighted by Crippen LogP contribution is 2.33. The lowest BCUT2D eigenvalue weighted by Crippen LogP contribution is -2.36. The van der Waals surface area contributed by atoms with Crippen molar-refractivity contribution in [2.24, 2.45) is 0 Å². The molecule has 0 saturated heterocycles. The van der Waals surface area contributed by atoms with Crippen LogP contribution < -0.4 is 15.1 Å². The third kappa shape index (κ3) is 5.06. The maximum Gasteiger partial charge on any atom is 0.226 e. The molecule has 1 aromatic rings. The van der Waals surface area contributed by atoms with Crippen molar-refractivity contribution in [2.45, 2.75) is 64.8 Å². The number of nitrogens with zero attached hydrogens (tertiary/aromatic N) is 4. The van der Waals surface area contributed by atoms with Crippen molar-refractivity contribution in [1.82, 2.24) is 9.97 Å². The van der Waals surface area contributed by atoms with Crippen LogP contribution in [0.25, 0.3) is 0 Å². The molecule has 26 heavy (non-hydrogen) atoms. The monoisotopic (exact) mass is 363 g/mol. The Bertz CT molecular complexity index is 575. The van der Waals surface area contributed by atoms with Crippen LogP contribution >= 0.6 is 0 Å². The van der Waals surface area contributed by atoms with Crippen LogP contribution in [0.15, 0.2) is 6.20 Å². The molecule has 1 aliphatic carbocycles. The van der Waals surface area contributed by atoms with Crippen molar-refractivity contribution in [3.63, 3.8) is 0 Å². The van der Waals surface area contributed by atoms with E-state index in [0.717, 1.165) is 43.7 Å². The second-order valence-electron chi connectivity index (χ2n) is 6.83. The molecule has 1 heterocycles. The summed E-state index contributed by atoms with van der Waals surface area (Å²) in [5.74, 6) is 1.39. The first-order chi connectivity index (χ1) is 12.6. The molecule has 0 bridgehead atoms. The Morgan fingerprint density at radius 3 is 2.69 bits per heavy atom. The van der Waals surface area contributed by atoms with Gasteiger partial charge in [-0.05, 0) is 26.2 Å². The Hall–Kier alpha value is -1.89. The minimum absolute atomic E-state index is 0.0238. The fraction of sp³-hybridized carbons (Fsp3) is 0.737. The van der Waals surface area contributed by atoms with Gasteiger partial charge in [0.05, 0.1) is 12.8 Å². The van der Waals surface area contributed by atoms with Gasteiger partial charge in [0.1, 0.15) is 5.69 Å². The van der Waals surface area contributed by atoms with Crippen LogP contribution in [0.2, 0.25) is 0 Å². The summed E-state index contributed by atoms with van der Waals surface area (Å²) >= 11 is 0. The van der Waals surface area contributed by atoms with Crippen LogP contribution in [0.4, 0.5) is 17.5 Å². The van der Waals surface area contributed by atoms with Crippen LogP contribution in [0.5, 0.6) is 0 Å². The molecule has 0 aliphatic heterocycles. The Balaban J connectivity index is 2.33.